The first-order chi connectivity index (χ1) is 13.4. The first-order valence-electron chi connectivity index (χ1n) is 10.1. The molecule has 1 nitrogen and oxygen atoms in total. The summed E-state index contributed by atoms with van der Waals surface area (Å²) in [6.07, 6.45) is 5.79. The molecule has 0 radical (unpaired) electrons. The van der Waals surface area contributed by atoms with Crippen LogP contribution in [0.2, 0.25) is 0 Å². The van der Waals surface area contributed by atoms with Crippen LogP contribution in [-0.4, -0.2) is 4.98 Å². The molecule has 0 saturated heterocycles. The maximum atomic E-state index is 4.01. The van der Waals surface area contributed by atoms with Crippen LogP contribution in [-0.2, 0) is 12.8 Å². The molecule has 0 aliphatic rings. The zero-order valence-electron chi connectivity index (χ0n) is 18.2. The van der Waals surface area contributed by atoms with Crippen LogP contribution in [0.15, 0.2) is 91.3 Å². The third kappa shape index (κ3) is 10.5. The molecule has 1 aromatic heterocycles. The van der Waals surface area contributed by atoms with E-state index in [0.29, 0.717) is 5.92 Å². The van der Waals surface area contributed by atoms with E-state index in [2.05, 4.69) is 93.0 Å². The quantitative estimate of drug-likeness (QED) is 0.428. The Morgan fingerprint density at radius 3 is 1.68 bits per heavy atom. The molecule has 0 fully saturated rings. The summed E-state index contributed by atoms with van der Waals surface area (Å²) in [6.45, 7) is 14.1. The Hall–Kier alpha value is -2.67. The van der Waals surface area contributed by atoms with Gasteiger partial charge in [0.25, 0.3) is 0 Å². The first kappa shape index (κ1) is 23.4. The Morgan fingerprint density at radius 2 is 1.25 bits per heavy atom. The van der Waals surface area contributed by atoms with Crippen molar-refractivity contribution in [2.24, 2.45) is 0 Å². The predicted octanol–water partition coefficient (Wildman–Crippen LogP) is 7.63. The fourth-order valence-electron chi connectivity index (χ4n) is 2.47. The van der Waals surface area contributed by atoms with Gasteiger partial charge in [0.2, 0.25) is 0 Å². The molecule has 1 heterocycles. The summed E-state index contributed by atoms with van der Waals surface area (Å²) in [5.41, 5.74) is 6.65. The van der Waals surface area contributed by atoms with Crippen molar-refractivity contribution < 1.29 is 0 Å². The van der Waals surface area contributed by atoms with Gasteiger partial charge in [-0.3, -0.25) is 4.98 Å². The van der Waals surface area contributed by atoms with E-state index < -0.39 is 0 Å². The monoisotopic (exact) mass is 373 g/mol. The number of pyridine rings is 1. The van der Waals surface area contributed by atoms with Crippen molar-refractivity contribution in [3.05, 3.63) is 114 Å². The third-order valence-corrected chi connectivity index (χ3v) is 4.06. The molecular weight excluding hydrogens is 338 g/mol. The highest BCUT2D eigenvalue weighted by molar-refractivity contribution is 5.27. The molecule has 1 heteroatoms. The molecule has 3 rings (SSSR count). The van der Waals surface area contributed by atoms with Gasteiger partial charge in [0, 0.05) is 12.4 Å². The molecule has 148 valence electrons. The minimum absolute atomic E-state index is 0.659. The third-order valence-electron chi connectivity index (χ3n) is 4.06. The highest BCUT2D eigenvalue weighted by Gasteiger charge is 1.96. The Balaban J connectivity index is 0.000000256. The van der Waals surface area contributed by atoms with E-state index in [1.54, 1.807) is 0 Å². The van der Waals surface area contributed by atoms with Crippen molar-refractivity contribution in [3.63, 3.8) is 0 Å². The maximum absolute atomic E-state index is 4.01. The summed E-state index contributed by atoms with van der Waals surface area (Å²) in [5.74, 6) is 0.659. The molecule has 0 saturated carbocycles. The normalized spacial score (nSPS) is 9.64. The Bertz CT molecular complexity index is 768. The van der Waals surface area contributed by atoms with Crippen molar-refractivity contribution in [2.75, 3.05) is 0 Å². The summed E-state index contributed by atoms with van der Waals surface area (Å²) in [7, 11) is 0. The average molecular weight is 374 g/mol. The molecular formula is C27H35N. The number of rotatable bonds is 4. The van der Waals surface area contributed by atoms with E-state index in [0.717, 1.165) is 12.8 Å². The van der Waals surface area contributed by atoms with E-state index >= 15 is 0 Å². The minimum Gasteiger partial charge on any atom is -0.265 e. The summed E-state index contributed by atoms with van der Waals surface area (Å²) in [6, 6.07) is 23.5. The lowest BCUT2D eigenvalue weighted by Crippen LogP contribution is -1.89. The predicted molar refractivity (Wildman–Crippen MR) is 124 cm³/mol. The zero-order valence-corrected chi connectivity index (χ0v) is 18.2. The van der Waals surface area contributed by atoms with Gasteiger partial charge in [-0.05, 0) is 67.0 Å². The van der Waals surface area contributed by atoms with E-state index in [4.69, 9.17) is 0 Å². The van der Waals surface area contributed by atoms with Crippen molar-refractivity contribution in [1.29, 1.82) is 0 Å². The van der Waals surface area contributed by atoms with E-state index in [9.17, 15) is 0 Å². The van der Waals surface area contributed by atoms with E-state index in [1.807, 2.05) is 32.3 Å². The standard InChI is InChI=1S/C14H15N.C9H12.C4H8/c1-2-12-3-5-13(6-4-12)11-14-7-9-15-10-8-14;1-8(2)9-6-4-3-5-7-9;1-4(2)3/h3-10H,2,11H2,1H3;3-8H,1-2H3;1H2,2-3H3. The maximum Gasteiger partial charge on any atom is 0.0270 e. The SMILES string of the molecule is C=C(C)C.CC(C)c1ccccc1.CCc1ccc(Cc2ccncc2)cc1. The molecule has 3 aromatic rings. The molecule has 0 bridgehead atoms. The number of hydrogen-bond acceptors (Lipinski definition) is 1. The van der Waals surface area contributed by atoms with Crippen LogP contribution in [0.3, 0.4) is 0 Å². The lowest BCUT2D eigenvalue weighted by atomic mass is 10.0. The highest BCUT2D eigenvalue weighted by atomic mass is 14.6. The summed E-state index contributed by atoms with van der Waals surface area (Å²) < 4.78 is 0. The Morgan fingerprint density at radius 1 is 0.786 bits per heavy atom. The van der Waals surface area contributed by atoms with Crippen molar-refractivity contribution >= 4 is 0 Å². The van der Waals surface area contributed by atoms with Crippen LogP contribution in [0.1, 0.15) is 62.8 Å². The molecule has 0 spiro atoms. The second-order valence-electron chi connectivity index (χ2n) is 7.47. The van der Waals surface area contributed by atoms with E-state index in [-0.39, 0.29) is 0 Å². The molecule has 0 amide bonds. The summed E-state index contributed by atoms with van der Waals surface area (Å²) in [5, 5.41) is 0. The van der Waals surface area contributed by atoms with Crippen molar-refractivity contribution in [1.82, 2.24) is 4.98 Å². The van der Waals surface area contributed by atoms with Gasteiger partial charge < -0.3 is 0 Å². The zero-order chi connectivity index (χ0) is 20.8. The number of allylic oxidation sites excluding steroid dienone is 1. The van der Waals surface area contributed by atoms with E-state index in [1.165, 1.54) is 27.8 Å². The van der Waals surface area contributed by atoms with Crippen molar-refractivity contribution in [2.45, 2.75) is 53.4 Å². The number of nitrogens with zero attached hydrogens (tertiary/aromatic N) is 1. The second kappa shape index (κ2) is 13.5. The minimum atomic E-state index is 0.659. The fourth-order valence-corrected chi connectivity index (χ4v) is 2.47. The Labute approximate surface area is 172 Å². The topological polar surface area (TPSA) is 12.9 Å². The molecule has 0 aliphatic carbocycles. The Kier molecular flexibility index (Phi) is 11.3. The highest BCUT2D eigenvalue weighted by Crippen LogP contribution is 2.12. The van der Waals surface area contributed by atoms with Gasteiger partial charge in [-0.1, -0.05) is 80.9 Å². The van der Waals surface area contributed by atoms with Crippen LogP contribution in [0, 0.1) is 0 Å². The summed E-state index contributed by atoms with van der Waals surface area (Å²) >= 11 is 0. The smallest absolute Gasteiger partial charge is 0.0270 e. The van der Waals surface area contributed by atoms with Crippen LogP contribution in [0.4, 0.5) is 0 Å². The van der Waals surface area contributed by atoms with Gasteiger partial charge in [0.15, 0.2) is 0 Å². The first-order valence-corrected chi connectivity index (χ1v) is 10.1. The fraction of sp³-hybridized carbons (Fsp3) is 0.296. The van der Waals surface area contributed by atoms with Crippen LogP contribution in [0.25, 0.3) is 0 Å². The molecule has 2 aromatic carbocycles. The number of hydrogen-bond donors (Lipinski definition) is 0. The molecule has 0 aliphatic heterocycles. The second-order valence-corrected chi connectivity index (χ2v) is 7.47. The average Bonchev–Trinajstić information content (AvgIpc) is 2.70. The van der Waals surface area contributed by atoms with Crippen LogP contribution < -0.4 is 0 Å². The lowest BCUT2D eigenvalue weighted by molar-refractivity contribution is 0.867. The van der Waals surface area contributed by atoms with Gasteiger partial charge >= 0.3 is 0 Å². The van der Waals surface area contributed by atoms with Gasteiger partial charge in [-0.25, -0.2) is 0 Å². The molecule has 0 N–H and O–H groups in total. The number of aryl methyl sites for hydroxylation is 1. The van der Waals surface area contributed by atoms with Gasteiger partial charge in [0.05, 0.1) is 0 Å². The molecule has 28 heavy (non-hydrogen) atoms. The number of aromatic nitrogens is 1. The largest absolute Gasteiger partial charge is 0.265 e. The van der Waals surface area contributed by atoms with Crippen LogP contribution in [0.5, 0.6) is 0 Å². The lowest BCUT2D eigenvalue weighted by Gasteiger charge is -2.02. The number of benzene rings is 2. The summed E-state index contributed by atoms with van der Waals surface area (Å²) in [4.78, 5) is 4.01. The molecule has 0 atom stereocenters. The molecule has 0 unspecified atom stereocenters. The van der Waals surface area contributed by atoms with Crippen LogP contribution >= 0.6 is 0 Å². The van der Waals surface area contributed by atoms with Gasteiger partial charge in [-0.15, -0.1) is 6.58 Å². The van der Waals surface area contributed by atoms with Gasteiger partial charge in [0.1, 0.15) is 0 Å². The van der Waals surface area contributed by atoms with Gasteiger partial charge in [-0.2, -0.15) is 0 Å². The van der Waals surface area contributed by atoms with Crippen molar-refractivity contribution in [3.8, 4) is 0 Å².